The van der Waals surface area contributed by atoms with E-state index in [0.717, 1.165) is 64.7 Å². The van der Waals surface area contributed by atoms with Crippen LogP contribution in [0.3, 0.4) is 0 Å². The number of hydrogen-bond acceptors (Lipinski definition) is 5. The van der Waals surface area contributed by atoms with Gasteiger partial charge in [-0.1, -0.05) is 18.1 Å². The van der Waals surface area contributed by atoms with Gasteiger partial charge in [-0.05, 0) is 101 Å². The van der Waals surface area contributed by atoms with E-state index in [2.05, 4.69) is 22.8 Å². The average Bonchev–Trinajstić information content (AvgIpc) is 3.20. The van der Waals surface area contributed by atoms with Gasteiger partial charge < -0.3 is 13.7 Å². The molecule has 200 valence electrons. The van der Waals surface area contributed by atoms with Crippen molar-refractivity contribution in [3.63, 3.8) is 0 Å². The molecule has 3 fully saturated rings. The molecule has 6 heteroatoms. The Morgan fingerprint density at radius 3 is 2.71 bits per heavy atom. The lowest BCUT2D eigenvalue weighted by Crippen LogP contribution is -2.60. The summed E-state index contributed by atoms with van der Waals surface area (Å²) in [5.41, 5.74) is 5.74. The summed E-state index contributed by atoms with van der Waals surface area (Å²) in [4.78, 5) is 32.0. The van der Waals surface area contributed by atoms with Crippen LogP contribution < -0.4 is 5.63 Å². The third-order valence-corrected chi connectivity index (χ3v) is 10.2. The summed E-state index contributed by atoms with van der Waals surface area (Å²) in [6, 6.07) is 2.79. The molecule has 0 spiro atoms. The number of likely N-dealkylation sites (tertiary alicyclic amines) is 1. The summed E-state index contributed by atoms with van der Waals surface area (Å²) in [5.74, 6) is 2.04. The van der Waals surface area contributed by atoms with E-state index < -0.39 is 5.63 Å². The van der Waals surface area contributed by atoms with E-state index in [4.69, 9.17) is 8.83 Å². The van der Waals surface area contributed by atoms with Gasteiger partial charge in [-0.2, -0.15) is 0 Å². The number of aryl methyl sites for hydroxylation is 4. The molecule has 5 heterocycles. The average molecular weight is 515 g/mol. The van der Waals surface area contributed by atoms with E-state index in [1.165, 1.54) is 37.8 Å². The van der Waals surface area contributed by atoms with Crippen molar-refractivity contribution in [2.45, 2.75) is 84.7 Å². The molecule has 3 aliphatic heterocycles. The van der Waals surface area contributed by atoms with E-state index in [9.17, 15) is 9.59 Å². The highest BCUT2D eigenvalue weighted by Crippen LogP contribution is 2.45. The first kappa shape index (κ1) is 24.2. The highest BCUT2D eigenvalue weighted by molar-refractivity contribution is 6.07. The van der Waals surface area contributed by atoms with Crippen molar-refractivity contribution in [1.82, 2.24) is 9.80 Å². The molecule has 1 amide bonds. The van der Waals surface area contributed by atoms with Crippen LogP contribution >= 0.6 is 0 Å². The minimum atomic E-state index is -0.410. The fourth-order valence-electron chi connectivity index (χ4n) is 8.34. The first-order valence-electron chi connectivity index (χ1n) is 14.5. The third kappa shape index (κ3) is 3.55. The summed E-state index contributed by atoms with van der Waals surface area (Å²) in [6.07, 6.45) is 9.84. The standard InChI is InChI=1S/C32H38N2O4/c1-17-12-26-29(31-28(17)18(2)20(4)37-31)19(3)24(32(36)38-26)15-27(35)34-11-7-8-21-13-22-14-23(30(21)34)16-33-10-6-5-9-25(22)33/h12-13,22-23,25,30H,5-11,14-16H2,1-4H3/t22-,23+,25-,30-/m1/s1. The van der Waals surface area contributed by atoms with Crippen molar-refractivity contribution in [3.05, 3.63) is 56.1 Å². The molecule has 0 radical (unpaired) electrons. The number of amides is 1. The summed E-state index contributed by atoms with van der Waals surface area (Å²) >= 11 is 0. The van der Waals surface area contributed by atoms with Gasteiger partial charge in [-0.3, -0.25) is 9.69 Å². The Hall–Kier alpha value is -2.86. The highest BCUT2D eigenvalue weighted by Gasteiger charge is 2.47. The van der Waals surface area contributed by atoms with Crippen molar-refractivity contribution in [2.24, 2.45) is 11.8 Å². The smallest absolute Gasteiger partial charge is 0.340 e. The fourth-order valence-corrected chi connectivity index (χ4v) is 8.34. The number of carbonyl (C=O) groups is 1. The van der Waals surface area contributed by atoms with Gasteiger partial charge in [-0.25, -0.2) is 4.79 Å². The van der Waals surface area contributed by atoms with Crippen LogP contribution in [-0.4, -0.2) is 47.4 Å². The summed E-state index contributed by atoms with van der Waals surface area (Å²) in [5, 5.41) is 1.88. The Morgan fingerprint density at radius 2 is 1.87 bits per heavy atom. The quantitative estimate of drug-likeness (QED) is 0.322. The molecule has 3 aromatic rings. The second-order valence-electron chi connectivity index (χ2n) is 12.3. The van der Waals surface area contributed by atoms with Crippen LogP contribution in [0.2, 0.25) is 0 Å². The second-order valence-corrected chi connectivity index (χ2v) is 12.3. The third-order valence-electron chi connectivity index (χ3n) is 10.2. The Labute approximate surface area is 223 Å². The Bertz CT molecular complexity index is 1560. The van der Waals surface area contributed by atoms with Crippen LogP contribution in [0, 0.1) is 39.5 Å². The van der Waals surface area contributed by atoms with Gasteiger partial charge in [-0.15, -0.1) is 0 Å². The molecule has 1 aromatic carbocycles. The van der Waals surface area contributed by atoms with Crippen molar-refractivity contribution in [2.75, 3.05) is 19.6 Å². The molecule has 1 aliphatic carbocycles. The lowest BCUT2D eigenvalue weighted by atomic mass is 9.68. The molecular weight excluding hydrogens is 476 g/mol. The van der Waals surface area contributed by atoms with Gasteiger partial charge in [0.25, 0.3) is 0 Å². The molecule has 4 atom stereocenters. The minimum Gasteiger partial charge on any atom is -0.460 e. The molecule has 2 bridgehead atoms. The maximum atomic E-state index is 14.0. The van der Waals surface area contributed by atoms with Crippen LogP contribution in [0.5, 0.6) is 0 Å². The van der Waals surface area contributed by atoms with Gasteiger partial charge >= 0.3 is 5.63 Å². The van der Waals surface area contributed by atoms with Crippen LogP contribution in [0.1, 0.15) is 66.5 Å². The molecule has 6 nitrogen and oxygen atoms in total. The Balaban J connectivity index is 1.25. The number of piperidine rings is 3. The molecule has 4 aliphatic rings. The maximum absolute atomic E-state index is 14.0. The summed E-state index contributed by atoms with van der Waals surface area (Å²) in [6.45, 7) is 11.0. The number of fused-ring (bicyclic) bond motifs is 9. The number of hydrogen-bond donors (Lipinski definition) is 0. The molecule has 2 aromatic heterocycles. The fraction of sp³-hybridized carbons (Fsp3) is 0.562. The largest absolute Gasteiger partial charge is 0.460 e. The Kier molecular flexibility index (Phi) is 5.63. The SMILES string of the molecule is Cc1oc2c(c(C)cc3oc(=O)c(CC(=O)N4CCCC5=C[C@@H]6C[C@@H](CN7CCCC[C@H]67)[C@@H]54)c(C)c32)c1C. The first-order chi connectivity index (χ1) is 18.3. The van der Waals surface area contributed by atoms with Crippen LogP contribution in [0.15, 0.2) is 31.3 Å². The number of carbonyl (C=O) groups excluding carboxylic acids is 1. The molecule has 3 saturated heterocycles. The van der Waals surface area contributed by atoms with Gasteiger partial charge in [0, 0.05) is 24.5 Å². The molecule has 0 saturated carbocycles. The molecule has 0 N–H and O–H groups in total. The zero-order valence-electron chi connectivity index (χ0n) is 23.1. The van der Waals surface area contributed by atoms with Crippen LogP contribution in [0.4, 0.5) is 0 Å². The van der Waals surface area contributed by atoms with E-state index in [0.29, 0.717) is 29.0 Å². The molecule has 7 rings (SSSR count). The predicted octanol–water partition coefficient (Wildman–Crippen LogP) is 5.74. The summed E-state index contributed by atoms with van der Waals surface area (Å²) < 4.78 is 12.0. The zero-order valence-corrected chi connectivity index (χ0v) is 23.1. The predicted molar refractivity (Wildman–Crippen MR) is 149 cm³/mol. The Morgan fingerprint density at radius 1 is 1.03 bits per heavy atom. The highest BCUT2D eigenvalue weighted by atomic mass is 16.4. The number of benzene rings is 1. The molecule has 38 heavy (non-hydrogen) atoms. The van der Waals surface area contributed by atoms with E-state index in [1.54, 1.807) is 0 Å². The first-order valence-corrected chi connectivity index (χ1v) is 14.5. The number of furan rings is 1. The number of rotatable bonds is 2. The van der Waals surface area contributed by atoms with E-state index >= 15 is 0 Å². The monoisotopic (exact) mass is 514 g/mol. The zero-order chi connectivity index (χ0) is 26.3. The van der Waals surface area contributed by atoms with Gasteiger partial charge in [0.2, 0.25) is 5.91 Å². The van der Waals surface area contributed by atoms with E-state index in [1.807, 2.05) is 26.8 Å². The van der Waals surface area contributed by atoms with Crippen molar-refractivity contribution < 1.29 is 13.6 Å². The summed E-state index contributed by atoms with van der Waals surface area (Å²) in [7, 11) is 0. The van der Waals surface area contributed by atoms with Gasteiger partial charge in [0.05, 0.1) is 23.4 Å². The van der Waals surface area contributed by atoms with Gasteiger partial charge in [0.15, 0.2) is 0 Å². The van der Waals surface area contributed by atoms with Crippen molar-refractivity contribution in [1.29, 1.82) is 0 Å². The lowest BCUT2D eigenvalue weighted by molar-refractivity contribution is -0.135. The van der Waals surface area contributed by atoms with E-state index in [-0.39, 0.29) is 18.4 Å². The minimum absolute atomic E-state index is 0.0460. The van der Waals surface area contributed by atoms with Crippen LogP contribution in [-0.2, 0) is 11.2 Å². The van der Waals surface area contributed by atoms with Crippen LogP contribution in [0.25, 0.3) is 21.9 Å². The topological polar surface area (TPSA) is 66.9 Å². The second kappa shape index (κ2) is 8.84. The normalized spacial score (nSPS) is 27.4. The molecular formula is C32H38N2O4. The lowest BCUT2D eigenvalue weighted by Gasteiger charge is -2.54. The number of nitrogens with zero attached hydrogens (tertiary/aromatic N) is 2. The maximum Gasteiger partial charge on any atom is 0.340 e. The van der Waals surface area contributed by atoms with Crippen molar-refractivity contribution in [3.8, 4) is 0 Å². The van der Waals surface area contributed by atoms with Gasteiger partial charge in [0.1, 0.15) is 16.9 Å². The molecule has 0 unspecified atom stereocenters. The van der Waals surface area contributed by atoms with Crippen molar-refractivity contribution >= 4 is 27.8 Å².